The summed E-state index contributed by atoms with van der Waals surface area (Å²) in [7, 11) is -1.44. The minimum Gasteiger partial charge on any atom is -0.508 e. The Labute approximate surface area is 139 Å². The van der Waals surface area contributed by atoms with Crippen LogP contribution in [0.1, 0.15) is 11.1 Å². The molecule has 3 rings (SSSR count). The molecule has 0 aliphatic carbocycles. The van der Waals surface area contributed by atoms with Gasteiger partial charge in [-0.1, -0.05) is 23.2 Å². The van der Waals surface area contributed by atoms with Crippen LogP contribution in [0.2, 0.25) is 10.0 Å². The van der Waals surface area contributed by atoms with E-state index in [0.717, 1.165) is 0 Å². The minimum absolute atomic E-state index is 0.0490. The summed E-state index contributed by atoms with van der Waals surface area (Å²) in [5.41, 5.74) is 1.19. The summed E-state index contributed by atoms with van der Waals surface area (Å²) in [6, 6.07) is 9.03. The van der Waals surface area contributed by atoms with Crippen molar-refractivity contribution in [2.75, 3.05) is 0 Å². The Morgan fingerprint density at radius 1 is 0.773 bits per heavy atom. The van der Waals surface area contributed by atoms with Crippen molar-refractivity contribution in [3.05, 3.63) is 69.7 Å². The van der Waals surface area contributed by atoms with Crippen LogP contribution in [-0.4, -0.2) is 14.4 Å². The Morgan fingerprint density at radius 3 is 1.55 bits per heavy atom. The fourth-order valence-corrected chi connectivity index (χ4v) is 4.22. The number of rotatable bonds is 2. The third-order valence-corrected chi connectivity index (χ3v) is 5.36. The van der Waals surface area contributed by atoms with Gasteiger partial charge in [0, 0.05) is 11.1 Å². The number of phenols is 2. The molecule has 0 unspecified atom stereocenters. The van der Waals surface area contributed by atoms with Crippen molar-refractivity contribution in [3.63, 3.8) is 0 Å². The maximum atomic E-state index is 12.7. The van der Waals surface area contributed by atoms with Crippen molar-refractivity contribution in [3.8, 4) is 11.5 Å². The number of phenolic OH excluding ortho intramolecular Hbond substituents is 2. The molecule has 0 aromatic heterocycles. The van der Waals surface area contributed by atoms with E-state index >= 15 is 0 Å². The molecule has 0 saturated carbocycles. The van der Waals surface area contributed by atoms with Crippen LogP contribution in [0.25, 0.3) is 9.81 Å². The van der Waals surface area contributed by atoms with Crippen molar-refractivity contribution in [1.29, 1.82) is 0 Å². The maximum Gasteiger partial charge on any atom is 0.117 e. The number of allylic oxidation sites excluding steroid dienone is 2. The van der Waals surface area contributed by atoms with E-state index in [0.29, 0.717) is 31.0 Å². The molecule has 0 radical (unpaired) electrons. The summed E-state index contributed by atoms with van der Waals surface area (Å²) in [5.74, 6) is 0.0979. The van der Waals surface area contributed by atoms with E-state index in [4.69, 9.17) is 23.2 Å². The lowest BCUT2D eigenvalue weighted by Gasteiger charge is -2.09. The van der Waals surface area contributed by atoms with Gasteiger partial charge in [-0.25, -0.2) is 4.21 Å². The Bertz CT molecular complexity index is 787. The fraction of sp³-hybridized carbons (Fsp3) is 0. The van der Waals surface area contributed by atoms with Gasteiger partial charge in [-0.3, -0.25) is 0 Å². The maximum absolute atomic E-state index is 12.7. The molecule has 2 aromatic rings. The molecule has 6 heteroatoms. The van der Waals surface area contributed by atoms with Crippen molar-refractivity contribution in [2.45, 2.75) is 0 Å². The molecule has 0 fully saturated rings. The van der Waals surface area contributed by atoms with Crippen molar-refractivity contribution >= 4 is 43.8 Å². The van der Waals surface area contributed by atoms with Gasteiger partial charge < -0.3 is 10.2 Å². The monoisotopic (exact) mass is 352 g/mol. The lowest BCUT2D eigenvalue weighted by Crippen LogP contribution is -1.95. The standard InChI is InChI=1S/C16H10Cl2O3S/c17-13-7-9(19)1-3-11(13)15-5-6-16(22(15)21)12-4-2-10(20)8-14(12)18/h1-8,19-20H. The zero-order chi connectivity index (χ0) is 15.9. The summed E-state index contributed by atoms with van der Waals surface area (Å²) >= 11 is 12.2. The number of halogens is 2. The summed E-state index contributed by atoms with van der Waals surface area (Å²) < 4.78 is 12.7. The van der Waals surface area contributed by atoms with Gasteiger partial charge >= 0.3 is 0 Å². The van der Waals surface area contributed by atoms with E-state index < -0.39 is 10.8 Å². The minimum atomic E-state index is -1.44. The predicted octanol–water partition coefficient (Wildman–Crippen LogP) is 4.55. The van der Waals surface area contributed by atoms with Gasteiger partial charge in [-0.05, 0) is 48.6 Å². The zero-order valence-corrected chi connectivity index (χ0v) is 13.4. The van der Waals surface area contributed by atoms with Crippen LogP contribution in [0.5, 0.6) is 11.5 Å². The van der Waals surface area contributed by atoms with Gasteiger partial charge in [0.1, 0.15) is 11.5 Å². The number of benzene rings is 2. The van der Waals surface area contributed by atoms with E-state index in [9.17, 15) is 14.4 Å². The van der Waals surface area contributed by atoms with E-state index in [1.54, 1.807) is 24.3 Å². The Kier molecular flexibility index (Phi) is 4.00. The predicted molar refractivity (Wildman–Crippen MR) is 90.3 cm³/mol. The van der Waals surface area contributed by atoms with E-state index in [1.807, 2.05) is 0 Å². The van der Waals surface area contributed by atoms with E-state index in [2.05, 4.69) is 0 Å². The largest absolute Gasteiger partial charge is 0.508 e. The molecule has 3 nitrogen and oxygen atoms in total. The zero-order valence-electron chi connectivity index (χ0n) is 11.1. The highest BCUT2D eigenvalue weighted by Crippen LogP contribution is 2.40. The summed E-state index contributed by atoms with van der Waals surface area (Å²) in [6.45, 7) is 0. The normalized spacial score (nSPS) is 14.8. The Hall–Kier alpha value is -1.75. The van der Waals surface area contributed by atoms with Gasteiger partial charge in [0.2, 0.25) is 0 Å². The molecule has 0 bridgehead atoms. The molecule has 112 valence electrons. The number of hydrogen-bond donors (Lipinski definition) is 2. The molecular formula is C16H10Cl2O3S. The summed E-state index contributed by atoms with van der Waals surface area (Å²) in [6.07, 6.45) is 3.43. The molecule has 0 atom stereocenters. The quantitative estimate of drug-likeness (QED) is 0.833. The van der Waals surface area contributed by atoms with E-state index in [1.165, 1.54) is 24.3 Å². The van der Waals surface area contributed by atoms with Crippen LogP contribution >= 0.6 is 23.2 Å². The average Bonchev–Trinajstić information content (AvgIpc) is 2.81. The Balaban J connectivity index is 1.97. The molecule has 1 aliphatic heterocycles. The van der Waals surface area contributed by atoms with Crippen molar-refractivity contribution < 1.29 is 14.4 Å². The molecule has 0 spiro atoms. The highest BCUT2D eigenvalue weighted by Gasteiger charge is 2.24. The third-order valence-electron chi connectivity index (χ3n) is 3.22. The van der Waals surface area contributed by atoms with Crippen LogP contribution in [0, 0.1) is 0 Å². The molecule has 1 heterocycles. The molecule has 2 N–H and O–H groups in total. The highest BCUT2D eigenvalue weighted by molar-refractivity contribution is 8.03. The molecular weight excluding hydrogens is 343 g/mol. The van der Waals surface area contributed by atoms with Gasteiger partial charge in [-0.15, -0.1) is 0 Å². The van der Waals surface area contributed by atoms with Crippen LogP contribution in [0.15, 0.2) is 48.6 Å². The van der Waals surface area contributed by atoms with Crippen molar-refractivity contribution in [2.24, 2.45) is 0 Å². The highest BCUT2D eigenvalue weighted by atomic mass is 35.5. The number of aromatic hydroxyl groups is 2. The summed E-state index contributed by atoms with van der Waals surface area (Å²) in [5, 5.41) is 19.5. The SMILES string of the molecule is O=S1C(c2ccc(O)cc2Cl)=CC=C1c1ccc(O)cc1Cl. The third kappa shape index (κ3) is 2.65. The van der Waals surface area contributed by atoms with Gasteiger partial charge in [0.25, 0.3) is 0 Å². The number of hydrogen-bond acceptors (Lipinski definition) is 3. The topological polar surface area (TPSA) is 57.5 Å². The first kappa shape index (κ1) is 15.2. The van der Waals surface area contributed by atoms with E-state index in [-0.39, 0.29) is 11.5 Å². The first-order chi connectivity index (χ1) is 10.5. The first-order valence-electron chi connectivity index (χ1n) is 6.29. The summed E-state index contributed by atoms with van der Waals surface area (Å²) in [4.78, 5) is 1.09. The van der Waals surface area contributed by atoms with Gasteiger partial charge in [0.15, 0.2) is 0 Å². The van der Waals surface area contributed by atoms with Crippen LogP contribution in [0.3, 0.4) is 0 Å². The lowest BCUT2D eigenvalue weighted by molar-refractivity contribution is 0.475. The van der Waals surface area contributed by atoms with Crippen molar-refractivity contribution in [1.82, 2.24) is 0 Å². The molecule has 2 aromatic carbocycles. The van der Waals surface area contributed by atoms with Gasteiger partial charge in [-0.2, -0.15) is 0 Å². The first-order valence-corrected chi connectivity index (χ1v) is 8.19. The van der Waals surface area contributed by atoms with Gasteiger partial charge in [0.05, 0.1) is 30.7 Å². The Morgan fingerprint density at radius 2 is 1.18 bits per heavy atom. The van der Waals surface area contributed by atoms with Crippen LogP contribution in [0.4, 0.5) is 0 Å². The average molecular weight is 353 g/mol. The second-order valence-electron chi connectivity index (χ2n) is 4.66. The second kappa shape index (κ2) is 5.80. The molecule has 0 amide bonds. The molecule has 1 aliphatic rings. The smallest absolute Gasteiger partial charge is 0.117 e. The van der Waals surface area contributed by atoms with Crippen LogP contribution < -0.4 is 0 Å². The molecule has 22 heavy (non-hydrogen) atoms. The fourth-order valence-electron chi connectivity index (χ4n) is 2.18. The lowest BCUT2D eigenvalue weighted by atomic mass is 10.1. The molecule has 0 saturated heterocycles. The van der Waals surface area contributed by atoms with Crippen LogP contribution in [-0.2, 0) is 10.8 Å². The second-order valence-corrected chi connectivity index (χ2v) is 6.89.